The number of hydrogen-bond acceptors (Lipinski definition) is 4. The molecule has 0 saturated heterocycles. The van der Waals surface area contributed by atoms with Crippen molar-refractivity contribution in [3.05, 3.63) is 59.1 Å². The third-order valence-electron chi connectivity index (χ3n) is 4.04. The molecule has 8 heteroatoms. The number of amides is 1. The highest BCUT2D eigenvalue weighted by Gasteiger charge is 2.35. The monoisotopic (exact) mass is 394 g/mol. The van der Waals surface area contributed by atoms with Crippen LogP contribution in [0, 0.1) is 0 Å². The molecule has 1 aliphatic rings. The summed E-state index contributed by atoms with van der Waals surface area (Å²) >= 11 is 5.96. The summed E-state index contributed by atoms with van der Waals surface area (Å²) in [5, 5.41) is 3.20. The summed E-state index contributed by atoms with van der Waals surface area (Å²) in [6.07, 6.45) is 0.850. The van der Waals surface area contributed by atoms with Crippen molar-refractivity contribution in [2.75, 3.05) is 23.7 Å². The van der Waals surface area contributed by atoms with Crippen LogP contribution in [0.25, 0.3) is 0 Å². The lowest BCUT2D eigenvalue weighted by atomic mass is 10.1. The van der Waals surface area contributed by atoms with Crippen molar-refractivity contribution in [3.8, 4) is 5.75 Å². The van der Waals surface area contributed by atoms with E-state index in [1.807, 2.05) is 30.3 Å². The van der Waals surface area contributed by atoms with Gasteiger partial charge in [-0.05, 0) is 30.2 Å². The highest BCUT2D eigenvalue weighted by atomic mass is 35.5. The lowest BCUT2D eigenvalue weighted by molar-refractivity contribution is -0.127. The zero-order valence-electron chi connectivity index (χ0n) is 14.2. The van der Waals surface area contributed by atoms with Crippen molar-refractivity contribution < 1.29 is 17.9 Å². The van der Waals surface area contributed by atoms with Crippen LogP contribution in [0.4, 0.5) is 5.69 Å². The Kier molecular flexibility index (Phi) is 5.38. The number of nitrogens with zero attached hydrogens (tertiary/aromatic N) is 1. The Hall–Kier alpha value is -2.25. The van der Waals surface area contributed by atoms with Crippen molar-refractivity contribution in [2.24, 2.45) is 0 Å². The molecule has 2 aromatic rings. The maximum Gasteiger partial charge on any atom is 0.263 e. The summed E-state index contributed by atoms with van der Waals surface area (Å²) in [6.45, 7) is 0.346. The molecule has 1 amide bonds. The number of hydrogen-bond donors (Lipinski definition) is 1. The number of rotatable bonds is 5. The van der Waals surface area contributed by atoms with Gasteiger partial charge in [0.15, 0.2) is 6.10 Å². The zero-order chi connectivity index (χ0) is 18.7. The van der Waals surface area contributed by atoms with Crippen LogP contribution >= 0.6 is 11.6 Å². The average molecular weight is 395 g/mol. The molecule has 6 nitrogen and oxygen atoms in total. The summed E-state index contributed by atoms with van der Waals surface area (Å²) in [6, 6.07) is 14.4. The Balaban J connectivity index is 1.70. The van der Waals surface area contributed by atoms with Crippen LogP contribution in [0.3, 0.4) is 0 Å². The molecule has 3 rings (SSSR count). The fourth-order valence-electron chi connectivity index (χ4n) is 2.76. The largest absolute Gasteiger partial charge is 0.476 e. The standard InChI is InChI=1S/C18H19ClN2O4S/c1-26(23,24)21-12-17(25-16-8-7-14(19)11-15(16)21)18(22)20-10-9-13-5-3-2-4-6-13/h2-8,11,17H,9-10,12H2,1H3,(H,20,22)/t17-/m1/s1. The van der Waals surface area contributed by atoms with Gasteiger partial charge in [-0.3, -0.25) is 9.10 Å². The zero-order valence-corrected chi connectivity index (χ0v) is 15.8. The van der Waals surface area contributed by atoms with Crippen LogP contribution in [0.2, 0.25) is 5.02 Å². The predicted molar refractivity (Wildman–Crippen MR) is 101 cm³/mol. The van der Waals surface area contributed by atoms with E-state index < -0.39 is 16.1 Å². The van der Waals surface area contributed by atoms with Gasteiger partial charge in [-0.1, -0.05) is 41.9 Å². The number of carbonyl (C=O) groups is 1. The van der Waals surface area contributed by atoms with Crippen molar-refractivity contribution >= 4 is 33.2 Å². The maximum atomic E-state index is 12.5. The first-order chi connectivity index (χ1) is 12.3. The molecule has 0 aromatic heterocycles. The summed E-state index contributed by atoms with van der Waals surface area (Å²) in [5.74, 6) is -0.0375. The van der Waals surface area contributed by atoms with E-state index in [1.54, 1.807) is 12.1 Å². The number of fused-ring (bicyclic) bond motifs is 1. The minimum absolute atomic E-state index is 0.0939. The average Bonchev–Trinajstić information content (AvgIpc) is 2.60. The van der Waals surface area contributed by atoms with Crippen molar-refractivity contribution in [2.45, 2.75) is 12.5 Å². The maximum absolute atomic E-state index is 12.5. The second kappa shape index (κ2) is 7.55. The van der Waals surface area contributed by atoms with E-state index >= 15 is 0 Å². The number of carbonyl (C=O) groups excluding carboxylic acids is 1. The first kappa shape index (κ1) is 18.5. The fraction of sp³-hybridized carbons (Fsp3) is 0.278. The van der Waals surface area contributed by atoms with Crippen LogP contribution in [0.5, 0.6) is 5.75 Å². The van der Waals surface area contributed by atoms with E-state index in [9.17, 15) is 13.2 Å². The summed E-state index contributed by atoms with van der Waals surface area (Å²) in [4.78, 5) is 12.5. The van der Waals surface area contributed by atoms with E-state index in [0.717, 1.165) is 16.1 Å². The molecule has 0 saturated carbocycles. The van der Waals surface area contributed by atoms with E-state index in [4.69, 9.17) is 16.3 Å². The van der Waals surface area contributed by atoms with Gasteiger partial charge in [-0.15, -0.1) is 0 Å². The molecule has 138 valence electrons. The quantitative estimate of drug-likeness (QED) is 0.843. The van der Waals surface area contributed by atoms with Gasteiger partial charge in [-0.2, -0.15) is 0 Å². The van der Waals surface area contributed by atoms with Gasteiger partial charge in [-0.25, -0.2) is 8.42 Å². The molecule has 0 aliphatic carbocycles. The fourth-order valence-corrected chi connectivity index (χ4v) is 3.84. The topological polar surface area (TPSA) is 75.7 Å². The van der Waals surface area contributed by atoms with Crippen LogP contribution in [0.1, 0.15) is 5.56 Å². The Morgan fingerprint density at radius 3 is 2.69 bits per heavy atom. The van der Waals surface area contributed by atoms with Gasteiger partial charge in [0.2, 0.25) is 10.0 Å². The Morgan fingerprint density at radius 1 is 1.27 bits per heavy atom. The van der Waals surface area contributed by atoms with Crippen molar-refractivity contribution in [3.63, 3.8) is 0 Å². The van der Waals surface area contributed by atoms with Crippen LogP contribution in [-0.4, -0.2) is 39.8 Å². The summed E-state index contributed by atoms with van der Waals surface area (Å²) < 4.78 is 31.1. The smallest absolute Gasteiger partial charge is 0.263 e. The first-order valence-corrected chi connectivity index (χ1v) is 10.3. The van der Waals surface area contributed by atoms with Gasteiger partial charge in [0.05, 0.1) is 18.5 Å². The summed E-state index contributed by atoms with van der Waals surface area (Å²) in [5.41, 5.74) is 1.45. The van der Waals surface area contributed by atoms with Gasteiger partial charge < -0.3 is 10.1 Å². The second-order valence-electron chi connectivity index (χ2n) is 6.04. The lowest BCUT2D eigenvalue weighted by Crippen LogP contribution is -2.50. The third-order valence-corrected chi connectivity index (χ3v) is 5.42. The molecule has 0 fully saturated rings. The summed E-state index contributed by atoms with van der Waals surface area (Å²) in [7, 11) is -3.57. The molecule has 1 aliphatic heterocycles. The van der Waals surface area contributed by atoms with Crippen molar-refractivity contribution in [1.29, 1.82) is 0 Å². The molecule has 0 spiro atoms. The predicted octanol–water partition coefficient (Wildman–Crippen LogP) is 2.23. The van der Waals surface area contributed by atoms with Crippen LogP contribution < -0.4 is 14.4 Å². The Labute approximate surface area is 157 Å². The molecule has 1 atom stereocenters. The van der Waals surface area contributed by atoms with E-state index in [2.05, 4.69) is 5.32 Å². The number of ether oxygens (including phenoxy) is 1. The van der Waals surface area contributed by atoms with E-state index in [1.165, 1.54) is 6.07 Å². The highest BCUT2D eigenvalue weighted by molar-refractivity contribution is 7.92. The number of nitrogens with one attached hydrogen (secondary N) is 1. The second-order valence-corrected chi connectivity index (χ2v) is 8.38. The number of sulfonamides is 1. The Morgan fingerprint density at radius 2 is 2.00 bits per heavy atom. The minimum Gasteiger partial charge on any atom is -0.476 e. The van der Waals surface area contributed by atoms with Gasteiger partial charge in [0, 0.05) is 11.6 Å². The molecular weight excluding hydrogens is 376 g/mol. The lowest BCUT2D eigenvalue weighted by Gasteiger charge is -2.34. The van der Waals surface area contributed by atoms with E-state index in [0.29, 0.717) is 29.4 Å². The normalized spacial score (nSPS) is 16.5. The number of anilines is 1. The molecule has 0 radical (unpaired) electrons. The molecule has 2 aromatic carbocycles. The first-order valence-electron chi connectivity index (χ1n) is 8.10. The molecule has 0 bridgehead atoms. The van der Waals surface area contributed by atoms with Crippen molar-refractivity contribution in [1.82, 2.24) is 5.32 Å². The SMILES string of the molecule is CS(=O)(=O)N1C[C@H](C(=O)NCCc2ccccc2)Oc2ccc(Cl)cc21. The minimum atomic E-state index is -3.57. The molecule has 1 heterocycles. The number of benzene rings is 2. The molecular formula is C18H19ClN2O4S. The Bertz CT molecular complexity index is 903. The van der Waals surface area contributed by atoms with Gasteiger partial charge >= 0.3 is 0 Å². The third kappa shape index (κ3) is 4.28. The molecule has 1 N–H and O–H groups in total. The van der Waals surface area contributed by atoms with E-state index in [-0.39, 0.29) is 12.5 Å². The molecule has 0 unspecified atom stereocenters. The highest BCUT2D eigenvalue weighted by Crippen LogP contribution is 2.37. The van der Waals surface area contributed by atoms with Gasteiger partial charge in [0.25, 0.3) is 5.91 Å². The number of halogens is 1. The van der Waals surface area contributed by atoms with Gasteiger partial charge in [0.1, 0.15) is 5.75 Å². The molecule has 26 heavy (non-hydrogen) atoms. The van der Waals surface area contributed by atoms with Crippen LogP contribution in [-0.2, 0) is 21.2 Å². The van der Waals surface area contributed by atoms with Crippen LogP contribution in [0.15, 0.2) is 48.5 Å².